The van der Waals surface area contributed by atoms with Crippen LogP contribution >= 0.6 is 0 Å². The molecule has 2 rings (SSSR count). The first kappa shape index (κ1) is 19.2. The second-order valence-electron chi connectivity index (χ2n) is 7.22. The van der Waals surface area contributed by atoms with Gasteiger partial charge in [0.05, 0.1) is 19.3 Å². The minimum atomic E-state index is -0.574. The summed E-state index contributed by atoms with van der Waals surface area (Å²) >= 11 is 0. The minimum Gasteiger partial charge on any atom is -0.444 e. The Balaban J connectivity index is 1.96. The van der Waals surface area contributed by atoms with Gasteiger partial charge in [0.1, 0.15) is 5.60 Å². The van der Waals surface area contributed by atoms with Gasteiger partial charge in [0, 0.05) is 6.42 Å². The topological polar surface area (TPSA) is 64.6 Å². The Morgan fingerprint density at radius 1 is 1.24 bits per heavy atom. The van der Waals surface area contributed by atoms with Crippen LogP contribution < -0.4 is 5.32 Å². The van der Waals surface area contributed by atoms with Crippen LogP contribution in [-0.4, -0.2) is 30.1 Å². The normalized spacial score (nSPS) is 17.6. The molecule has 1 atom stereocenters. The second kappa shape index (κ2) is 8.81. The summed E-state index contributed by atoms with van der Waals surface area (Å²) in [5, 5.41) is 2.79. The van der Waals surface area contributed by atoms with Crippen molar-refractivity contribution in [1.29, 1.82) is 0 Å². The van der Waals surface area contributed by atoms with Gasteiger partial charge in [-0.3, -0.25) is 4.79 Å². The summed E-state index contributed by atoms with van der Waals surface area (Å²) in [5.41, 5.74) is 1.25. The van der Waals surface area contributed by atoms with Gasteiger partial charge >= 0.3 is 6.09 Å². The molecule has 25 heavy (non-hydrogen) atoms. The fourth-order valence-electron chi connectivity index (χ4n) is 2.63. The number of hydrogen-bond donors (Lipinski definition) is 1. The van der Waals surface area contributed by atoms with Gasteiger partial charge in [-0.1, -0.05) is 36.4 Å². The molecule has 1 aliphatic rings. The Morgan fingerprint density at radius 2 is 1.96 bits per heavy atom. The molecule has 1 N–H and O–H groups in total. The van der Waals surface area contributed by atoms with Crippen LogP contribution in [0.4, 0.5) is 4.79 Å². The van der Waals surface area contributed by atoms with Crippen molar-refractivity contribution in [3.63, 3.8) is 0 Å². The van der Waals surface area contributed by atoms with Crippen molar-refractivity contribution in [3.05, 3.63) is 47.5 Å². The van der Waals surface area contributed by atoms with Gasteiger partial charge in [-0.2, -0.15) is 0 Å². The van der Waals surface area contributed by atoms with E-state index in [1.165, 1.54) is 0 Å². The number of carbonyl (C=O) groups excluding carboxylic acids is 2. The number of Topliss-reactive ketones (excluding diaryl/α,β-unsaturated/α-hetero) is 1. The van der Waals surface area contributed by atoms with E-state index in [-0.39, 0.29) is 12.4 Å². The number of carbonyl (C=O) groups is 2. The molecule has 5 nitrogen and oxygen atoms in total. The predicted octanol–water partition coefficient (Wildman–Crippen LogP) is 3.78. The van der Waals surface area contributed by atoms with Crippen molar-refractivity contribution in [3.8, 4) is 0 Å². The lowest BCUT2D eigenvalue weighted by atomic mass is 10.1. The Morgan fingerprint density at radius 3 is 2.56 bits per heavy atom. The Bertz CT molecular complexity index is 616. The minimum absolute atomic E-state index is 0.152. The van der Waals surface area contributed by atoms with E-state index in [9.17, 15) is 9.59 Å². The number of ether oxygens (including phenoxy) is 2. The van der Waals surface area contributed by atoms with E-state index >= 15 is 0 Å². The zero-order chi connectivity index (χ0) is 18.3. The summed E-state index contributed by atoms with van der Waals surface area (Å²) in [6.45, 7) is 6.17. The van der Waals surface area contributed by atoms with Crippen LogP contribution in [0.1, 0.15) is 45.6 Å². The van der Waals surface area contributed by atoms with Gasteiger partial charge in [-0.15, -0.1) is 0 Å². The van der Waals surface area contributed by atoms with Crippen molar-refractivity contribution >= 4 is 11.9 Å². The summed E-state index contributed by atoms with van der Waals surface area (Å²) < 4.78 is 11.0. The smallest absolute Gasteiger partial charge is 0.408 e. The molecule has 1 amide bonds. The monoisotopic (exact) mass is 345 g/mol. The van der Waals surface area contributed by atoms with Crippen LogP contribution in [0, 0.1) is 0 Å². The molecule has 0 unspecified atom stereocenters. The Labute approximate surface area is 149 Å². The maximum Gasteiger partial charge on any atom is 0.408 e. The number of amides is 1. The molecular weight excluding hydrogens is 318 g/mol. The quantitative estimate of drug-likeness (QED) is 0.797. The van der Waals surface area contributed by atoms with Crippen molar-refractivity contribution in [2.45, 2.75) is 58.3 Å². The second-order valence-corrected chi connectivity index (χ2v) is 7.22. The van der Waals surface area contributed by atoms with Gasteiger partial charge in [0.2, 0.25) is 0 Å². The summed E-state index contributed by atoms with van der Waals surface area (Å²) in [5.74, 6) is 0.152. The molecule has 1 fully saturated rings. The maximum atomic E-state index is 12.1. The third kappa shape index (κ3) is 7.10. The first-order valence-electron chi connectivity index (χ1n) is 8.68. The van der Waals surface area contributed by atoms with Gasteiger partial charge in [0.15, 0.2) is 5.78 Å². The van der Waals surface area contributed by atoms with Gasteiger partial charge in [0.25, 0.3) is 0 Å². The molecule has 0 spiro atoms. The molecule has 0 aromatic heterocycles. The van der Waals surface area contributed by atoms with Crippen molar-refractivity contribution in [2.75, 3.05) is 6.61 Å². The number of ketones is 1. The first-order chi connectivity index (χ1) is 11.8. The van der Waals surface area contributed by atoms with Crippen molar-refractivity contribution in [2.24, 2.45) is 0 Å². The van der Waals surface area contributed by atoms with Gasteiger partial charge in [-0.25, -0.2) is 4.79 Å². The highest BCUT2D eigenvalue weighted by molar-refractivity contribution is 5.97. The molecule has 1 saturated carbocycles. The predicted molar refractivity (Wildman–Crippen MR) is 96.2 cm³/mol. The molecule has 0 radical (unpaired) electrons. The zero-order valence-corrected chi connectivity index (χ0v) is 15.2. The molecule has 0 aliphatic heterocycles. The largest absolute Gasteiger partial charge is 0.444 e. The fourth-order valence-corrected chi connectivity index (χ4v) is 2.63. The van der Waals surface area contributed by atoms with Crippen LogP contribution in [0.3, 0.4) is 0 Å². The lowest BCUT2D eigenvalue weighted by Gasteiger charge is -2.22. The number of alkyl carbamates (subject to hydrolysis) is 1. The zero-order valence-electron chi connectivity index (χ0n) is 15.2. The highest BCUT2D eigenvalue weighted by Gasteiger charge is 2.22. The van der Waals surface area contributed by atoms with Crippen LogP contribution in [-0.2, 0) is 20.9 Å². The van der Waals surface area contributed by atoms with E-state index in [1.807, 2.05) is 57.2 Å². The van der Waals surface area contributed by atoms with Crippen molar-refractivity contribution in [1.82, 2.24) is 5.32 Å². The summed E-state index contributed by atoms with van der Waals surface area (Å²) in [6, 6.07) is 9.43. The molecule has 0 saturated heterocycles. The van der Waals surface area contributed by atoms with Crippen LogP contribution in [0.25, 0.3) is 0 Å². The van der Waals surface area contributed by atoms with Crippen LogP contribution in [0.5, 0.6) is 0 Å². The number of nitrogens with one attached hydrogen (secondary N) is 1. The molecule has 5 heteroatoms. The van der Waals surface area contributed by atoms with E-state index < -0.39 is 17.7 Å². The Kier molecular flexibility index (Phi) is 6.76. The van der Waals surface area contributed by atoms with Gasteiger partial charge < -0.3 is 14.8 Å². The average Bonchev–Trinajstić information content (AvgIpc) is 2.91. The molecule has 0 heterocycles. The molecule has 1 aromatic rings. The summed E-state index contributed by atoms with van der Waals surface area (Å²) in [4.78, 5) is 23.9. The molecule has 1 aromatic carbocycles. The lowest BCUT2D eigenvalue weighted by molar-refractivity contribution is -0.114. The molecule has 136 valence electrons. The van der Waals surface area contributed by atoms with Gasteiger partial charge in [-0.05, 0) is 44.7 Å². The lowest BCUT2D eigenvalue weighted by Crippen LogP contribution is -2.40. The van der Waals surface area contributed by atoms with E-state index in [4.69, 9.17) is 9.47 Å². The van der Waals surface area contributed by atoms with E-state index in [0.29, 0.717) is 13.0 Å². The van der Waals surface area contributed by atoms with E-state index in [1.54, 1.807) is 0 Å². The van der Waals surface area contributed by atoms with E-state index in [0.717, 1.165) is 24.0 Å². The number of hydrogen-bond acceptors (Lipinski definition) is 4. The molecule has 0 bridgehead atoms. The average molecular weight is 345 g/mol. The maximum absolute atomic E-state index is 12.1. The van der Waals surface area contributed by atoms with Crippen LogP contribution in [0.2, 0.25) is 0 Å². The number of rotatable bonds is 6. The SMILES string of the molecule is CC(C)(C)OC(=O)N[C@H](/C=C1/CCCC1=O)COCc1ccccc1. The highest BCUT2D eigenvalue weighted by Crippen LogP contribution is 2.21. The van der Waals surface area contributed by atoms with E-state index in [2.05, 4.69) is 5.32 Å². The first-order valence-corrected chi connectivity index (χ1v) is 8.68. The highest BCUT2D eigenvalue weighted by atomic mass is 16.6. The third-order valence-electron chi connectivity index (χ3n) is 3.72. The summed E-state index contributed by atoms with van der Waals surface area (Å²) in [6.07, 6.45) is 3.50. The number of allylic oxidation sites excluding steroid dienone is 1. The third-order valence-corrected chi connectivity index (χ3v) is 3.72. The fraction of sp³-hybridized carbons (Fsp3) is 0.500. The van der Waals surface area contributed by atoms with Crippen molar-refractivity contribution < 1.29 is 19.1 Å². The molecular formula is C20H27NO4. The standard InChI is InChI=1S/C20H27NO4/c1-20(2,3)25-19(23)21-17(12-16-10-7-11-18(16)22)14-24-13-15-8-5-4-6-9-15/h4-6,8-9,12,17H,7,10-11,13-14H2,1-3H3,(H,21,23)/b16-12-/t17-/m1/s1. The summed E-state index contributed by atoms with van der Waals surface area (Å²) in [7, 11) is 0. The number of benzene rings is 1. The van der Waals surface area contributed by atoms with Crippen LogP contribution in [0.15, 0.2) is 42.0 Å². The molecule has 1 aliphatic carbocycles. The Hall–Kier alpha value is -2.14.